The molecule has 20 heavy (non-hydrogen) atoms. The smallest absolute Gasteiger partial charge is 0.200 e. The van der Waals surface area contributed by atoms with Gasteiger partial charge in [0.2, 0.25) is 5.43 Å². The van der Waals surface area contributed by atoms with Gasteiger partial charge in [0, 0.05) is 5.02 Å². The van der Waals surface area contributed by atoms with E-state index < -0.39 is 0 Å². The van der Waals surface area contributed by atoms with E-state index in [-0.39, 0.29) is 5.43 Å². The molecule has 0 radical (unpaired) electrons. The summed E-state index contributed by atoms with van der Waals surface area (Å²) in [5, 5.41) is 1.04. The lowest BCUT2D eigenvalue weighted by molar-refractivity contribution is 0.604. The predicted molar refractivity (Wildman–Crippen MR) is 82.4 cm³/mol. The van der Waals surface area contributed by atoms with Crippen molar-refractivity contribution in [3.63, 3.8) is 0 Å². The van der Waals surface area contributed by atoms with E-state index in [4.69, 9.17) is 16.0 Å². The van der Waals surface area contributed by atoms with Gasteiger partial charge < -0.3 is 4.42 Å². The van der Waals surface area contributed by atoms with Crippen LogP contribution in [0.1, 0.15) is 11.1 Å². The quantitative estimate of drug-likeness (QED) is 0.646. The molecule has 0 aliphatic rings. The monoisotopic (exact) mass is 284 g/mol. The van der Waals surface area contributed by atoms with Gasteiger partial charge >= 0.3 is 0 Å². The van der Waals surface area contributed by atoms with Gasteiger partial charge in [-0.2, -0.15) is 0 Å². The molecule has 0 bridgehead atoms. The summed E-state index contributed by atoms with van der Waals surface area (Å²) in [5.74, 6) is 0. The first-order chi connectivity index (χ1) is 9.56. The molecule has 3 heteroatoms. The van der Waals surface area contributed by atoms with Crippen LogP contribution >= 0.6 is 11.6 Å². The Bertz CT molecular complexity index is 862. The number of hydrogen-bond acceptors (Lipinski definition) is 2. The molecule has 0 unspecified atom stereocenters. The van der Waals surface area contributed by atoms with Crippen LogP contribution in [-0.4, -0.2) is 0 Å². The van der Waals surface area contributed by atoms with Gasteiger partial charge in [0.1, 0.15) is 11.8 Å². The third-order valence-corrected chi connectivity index (χ3v) is 3.65. The van der Waals surface area contributed by atoms with Crippen LogP contribution < -0.4 is 5.43 Å². The van der Waals surface area contributed by atoms with Crippen molar-refractivity contribution in [3.8, 4) is 11.1 Å². The van der Waals surface area contributed by atoms with E-state index in [9.17, 15) is 4.79 Å². The Hall–Kier alpha value is -2.06. The van der Waals surface area contributed by atoms with E-state index >= 15 is 0 Å². The van der Waals surface area contributed by atoms with Crippen LogP contribution in [0.4, 0.5) is 0 Å². The van der Waals surface area contributed by atoms with Gasteiger partial charge in [-0.05, 0) is 43.2 Å². The molecule has 0 amide bonds. The minimum absolute atomic E-state index is 0.0533. The Morgan fingerprint density at radius 2 is 1.80 bits per heavy atom. The number of rotatable bonds is 1. The van der Waals surface area contributed by atoms with Gasteiger partial charge in [0.25, 0.3) is 0 Å². The fourth-order valence-electron chi connectivity index (χ4n) is 2.32. The van der Waals surface area contributed by atoms with Crippen LogP contribution in [0, 0.1) is 13.8 Å². The molecule has 0 spiro atoms. The van der Waals surface area contributed by atoms with Crippen LogP contribution in [-0.2, 0) is 0 Å². The molecule has 0 aliphatic heterocycles. The summed E-state index contributed by atoms with van der Waals surface area (Å²) < 4.78 is 5.57. The second kappa shape index (κ2) is 4.80. The Labute approximate surface area is 121 Å². The largest absolute Gasteiger partial charge is 0.463 e. The molecule has 0 fully saturated rings. The zero-order chi connectivity index (χ0) is 14.3. The highest BCUT2D eigenvalue weighted by Gasteiger charge is 2.11. The zero-order valence-electron chi connectivity index (χ0n) is 11.2. The van der Waals surface area contributed by atoms with Crippen molar-refractivity contribution in [1.29, 1.82) is 0 Å². The topological polar surface area (TPSA) is 30.2 Å². The number of halogens is 1. The molecule has 3 aromatic rings. The molecule has 100 valence electrons. The summed E-state index contributed by atoms with van der Waals surface area (Å²) >= 11 is 5.96. The third kappa shape index (κ3) is 2.12. The van der Waals surface area contributed by atoms with E-state index in [1.165, 1.54) is 6.26 Å². The summed E-state index contributed by atoms with van der Waals surface area (Å²) in [6, 6.07) is 11.1. The number of benzene rings is 2. The lowest BCUT2D eigenvalue weighted by Crippen LogP contribution is -2.05. The lowest BCUT2D eigenvalue weighted by atomic mass is 9.99. The molecule has 0 atom stereocenters. The molecular weight excluding hydrogens is 272 g/mol. The van der Waals surface area contributed by atoms with Crippen molar-refractivity contribution in [2.45, 2.75) is 13.8 Å². The van der Waals surface area contributed by atoms with Crippen LogP contribution in [0.2, 0.25) is 5.02 Å². The Morgan fingerprint density at radius 3 is 2.60 bits per heavy atom. The highest BCUT2D eigenvalue weighted by molar-refractivity contribution is 6.31. The first-order valence-corrected chi connectivity index (χ1v) is 6.73. The minimum Gasteiger partial charge on any atom is -0.463 e. The summed E-state index contributed by atoms with van der Waals surface area (Å²) in [4.78, 5) is 12.6. The van der Waals surface area contributed by atoms with Crippen molar-refractivity contribution in [2.24, 2.45) is 0 Å². The molecule has 0 aliphatic carbocycles. The molecule has 2 nitrogen and oxygen atoms in total. The maximum Gasteiger partial charge on any atom is 0.200 e. The fourth-order valence-corrected chi connectivity index (χ4v) is 2.49. The summed E-state index contributed by atoms with van der Waals surface area (Å²) in [6.07, 6.45) is 1.53. The maximum atomic E-state index is 12.6. The molecule has 1 aromatic heterocycles. The molecule has 0 N–H and O–H groups in total. The lowest BCUT2D eigenvalue weighted by Gasteiger charge is -2.07. The van der Waals surface area contributed by atoms with E-state index in [2.05, 4.69) is 0 Å². The molecule has 0 saturated carbocycles. The van der Waals surface area contributed by atoms with Crippen molar-refractivity contribution in [1.82, 2.24) is 0 Å². The van der Waals surface area contributed by atoms with E-state index in [0.29, 0.717) is 21.6 Å². The van der Waals surface area contributed by atoms with Gasteiger partial charge in [0.15, 0.2) is 0 Å². The number of aryl methyl sites for hydroxylation is 2. The second-order valence-electron chi connectivity index (χ2n) is 4.94. The highest BCUT2D eigenvalue weighted by Crippen LogP contribution is 2.25. The molecule has 0 saturated heterocycles. The number of hydrogen-bond donors (Lipinski definition) is 0. The van der Waals surface area contributed by atoms with E-state index in [0.717, 1.165) is 16.7 Å². The average molecular weight is 285 g/mol. The predicted octanol–water partition coefficient (Wildman–Crippen LogP) is 4.73. The molecule has 3 rings (SSSR count). The zero-order valence-corrected chi connectivity index (χ0v) is 12.0. The summed E-state index contributed by atoms with van der Waals surface area (Å²) in [6.45, 7) is 3.98. The van der Waals surface area contributed by atoms with Gasteiger partial charge in [-0.1, -0.05) is 35.4 Å². The Morgan fingerprint density at radius 1 is 1.00 bits per heavy atom. The highest BCUT2D eigenvalue weighted by atomic mass is 35.5. The van der Waals surface area contributed by atoms with Crippen LogP contribution in [0.5, 0.6) is 0 Å². The van der Waals surface area contributed by atoms with Crippen molar-refractivity contribution < 1.29 is 4.42 Å². The Kier molecular flexibility index (Phi) is 3.11. The molecule has 2 aromatic carbocycles. The SMILES string of the molecule is Cc1ccc(C)c(-c2coc3ccc(Cl)cc3c2=O)c1. The minimum atomic E-state index is -0.0533. The van der Waals surface area contributed by atoms with Crippen LogP contribution in [0.15, 0.2) is 51.9 Å². The van der Waals surface area contributed by atoms with Gasteiger partial charge in [0.05, 0.1) is 10.9 Å². The average Bonchev–Trinajstić information content (AvgIpc) is 2.43. The first-order valence-electron chi connectivity index (χ1n) is 6.35. The first kappa shape index (κ1) is 12.9. The summed E-state index contributed by atoms with van der Waals surface area (Å²) in [5.41, 5.74) is 4.12. The molecule has 1 heterocycles. The Balaban J connectivity index is 2.35. The normalized spacial score (nSPS) is 10.9. The molecular formula is C17H13ClO2. The fraction of sp³-hybridized carbons (Fsp3) is 0.118. The van der Waals surface area contributed by atoms with Crippen LogP contribution in [0.3, 0.4) is 0 Å². The van der Waals surface area contributed by atoms with E-state index in [1.807, 2.05) is 32.0 Å². The van der Waals surface area contributed by atoms with Crippen LogP contribution in [0.25, 0.3) is 22.1 Å². The van der Waals surface area contributed by atoms with Gasteiger partial charge in [-0.3, -0.25) is 4.79 Å². The summed E-state index contributed by atoms with van der Waals surface area (Å²) in [7, 11) is 0. The second-order valence-corrected chi connectivity index (χ2v) is 5.37. The van der Waals surface area contributed by atoms with Crippen molar-refractivity contribution in [2.75, 3.05) is 0 Å². The third-order valence-electron chi connectivity index (χ3n) is 3.42. The van der Waals surface area contributed by atoms with Gasteiger partial charge in [-0.15, -0.1) is 0 Å². The number of fused-ring (bicyclic) bond motifs is 1. The van der Waals surface area contributed by atoms with Crippen molar-refractivity contribution >= 4 is 22.6 Å². The van der Waals surface area contributed by atoms with Crippen molar-refractivity contribution in [3.05, 3.63) is 69.0 Å². The standard InChI is InChI=1S/C17H13ClO2/c1-10-3-4-11(2)13(7-10)15-9-20-16-6-5-12(18)8-14(16)17(15)19/h3-9H,1-2H3. The van der Waals surface area contributed by atoms with Gasteiger partial charge in [-0.25, -0.2) is 0 Å². The maximum absolute atomic E-state index is 12.6. The van der Waals surface area contributed by atoms with E-state index in [1.54, 1.807) is 18.2 Å².